The second-order valence-electron chi connectivity index (χ2n) is 9.40. The molecule has 0 aromatic heterocycles. The molecule has 1 aliphatic heterocycles. The van der Waals surface area contributed by atoms with Crippen molar-refractivity contribution in [3.8, 4) is 11.1 Å². The van der Waals surface area contributed by atoms with Crippen molar-refractivity contribution in [3.05, 3.63) is 95.6 Å². The Bertz CT molecular complexity index is 1140. The molecule has 180 valence electrons. The molecule has 0 radical (unpaired) electrons. The highest BCUT2D eigenvalue weighted by Gasteiger charge is 2.31. The van der Waals surface area contributed by atoms with Crippen LogP contribution in [0.1, 0.15) is 41.5 Å². The summed E-state index contributed by atoms with van der Waals surface area (Å²) >= 11 is 0. The maximum Gasteiger partial charge on any atom is 0.408 e. The van der Waals surface area contributed by atoms with Gasteiger partial charge in [0.1, 0.15) is 12.6 Å². The number of nitrogens with one attached hydrogen (secondary N) is 2. The van der Waals surface area contributed by atoms with Crippen LogP contribution in [-0.4, -0.2) is 49.7 Å². The minimum absolute atomic E-state index is 0.0311. The first kappa shape index (κ1) is 23.1. The maximum absolute atomic E-state index is 13.2. The third-order valence-electron chi connectivity index (χ3n) is 7.07. The smallest absolute Gasteiger partial charge is 0.408 e. The molecular weight excluding hydrogens is 438 g/mol. The van der Waals surface area contributed by atoms with E-state index in [0.717, 1.165) is 42.6 Å². The highest BCUT2D eigenvalue weighted by atomic mass is 16.5. The van der Waals surface area contributed by atoms with E-state index in [1.807, 2.05) is 54.6 Å². The number of alkyl carbamates (subject to hydrolysis) is 1. The quantitative estimate of drug-likeness (QED) is 0.559. The van der Waals surface area contributed by atoms with Gasteiger partial charge in [-0.15, -0.1) is 0 Å². The van der Waals surface area contributed by atoms with E-state index in [1.54, 1.807) is 0 Å². The molecule has 3 aromatic carbocycles. The average Bonchev–Trinajstić information content (AvgIpc) is 3.21. The van der Waals surface area contributed by atoms with Crippen molar-refractivity contribution in [3.63, 3.8) is 0 Å². The van der Waals surface area contributed by atoms with Crippen molar-refractivity contribution < 1.29 is 14.3 Å². The molecule has 6 heteroatoms. The molecule has 0 bridgehead atoms. The van der Waals surface area contributed by atoms with Crippen molar-refractivity contribution in [2.75, 3.05) is 26.7 Å². The Hall–Kier alpha value is -3.64. The van der Waals surface area contributed by atoms with Crippen LogP contribution in [0.25, 0.3) is 11.1 Å². The third kappa shape index (κ3) is 5.08. The van der Waals surface area contributed by atoms with Gasteiger partial charge >= 0.3 is 6.09 Å². The summed E-state index contributed by atoms with van der Waals surface area (Å²) in [6.07, 6.45) is 1.20. The lowest BCUT2D eigenvalue weighted by atomic mass is 9.98. The fraction of sp³-hybridized carbons (Fsp3) is 0.310. The predicted octanol–water partition coefficient (Wildman–Crippen LogP) is 4.48. The Morgan fingerprint density at radius 3 is 2.09 bits per heavy atom. The first-order valence-electron chi connectivity index (χ1n) is 12.3. The number of hydrogen-bond acceptors (Lipinski definition) is 4. The van der Waals surface area contributed by atoms with Crippen LogP contribution in [0.5, 0.6) is 0 Å². The van der Waals surface area contributed by atoms with Crippen LogP contribution in [0.2, 0.25) is 0 Å². The summed E-state index contributed by atoms with van der Waals surface area (Å²) < 4.78 is 5.71. The van der Waals surface area contributed by atoms with Gasteiger partial charge in [-0.1, -0.05) is 78.9 Å². The summed E-state index contributed by atoms with van der Waals surface area (Å²) in [5, 5.41) is 5.95. The fourth-order valence-corrected chi connectivity index (χ4v) is 5.14. The number of likely N-dealkylation sites (tertiary alicyclic amines) is 1. The molecule has 2 amide bonds. The fourth-order valence-electron chi connectivity index (χ4n) is 5.14. The van der Waals surface area contributed by atoms with E-state index < -0.39 is 12.1 Å². The van der Waals surface area contributed by atoms with Crippen LogP contribution in [0.4, 0.5) is 4.79 Å². The van der Waals surface area contributed by atoms with E-state index in [9.17, 15) is 9.59 Å². The summed E-state index contributed by atoms with van der Waals surface area (Å²) in [5.74, 6) is -0.240. The van der Waals surface area contributed by atoms with Crippen molar-refractivity contribution >= 4 is 12.0 Å². The summed E-state index contributed by atoms with van der Waals surface area (Å²) in [6.45, 7) is 2.10. The van der Waals surface area contributed by atoms with E-state index in [-0.39, 0.29) is 24.5 Å². The first-order chi connectivity index (χ1) is 17.1. The normalized spacial score (nSPS) is 16.7. The van der Waals surface area contributed by atoms with Crippen molar-refractivity contribution in [1.82, 2.24) is 15.5 Å². The van der Waals surface area contributed by atoms with E-state index in [0.29, 0.717) is 0 Å². The maximum atomic E-state index is 13.2. The number of benzene rings is 3. The van der Waals surface area contributed by atoms with Gasteiger partial charge in [0.15, 0.2) is 0 Å². The largest absolute Gasteiger partial charge is 0.449 e. The summed E-state index contributed by atoms with van der Waals surface area (Å²) in [7, 11) is 2.09. The van der Waals surface area contributed by atoms with Gasteiger partial charge < -0.3 is 20.3 Å². The first-order valence-corrected chi connectivity index (χ1v) is 12.3. The van der Waals surface area contributed by atoms with Gasteiger partial charge in [-0.3, -0.25) is 4.79 Å². The summed E-state index contributed by atoms with van der Waals surface area (Å²) in [4.78, 5) is 28.4. The monoisotopic (exact) mass is 469 g/mol. The number of amides is 2. The van der Waals surface area contributed by atoms with Gasteiger partial charge in [0.25, 0.3) is 0 Å². The molecule has 0 spiro atoms. The van der Waals surface area contributed by atoms with Gasteiger partial charge in [0.05, 0.1) is 0 Å². The van der Waals surface area contributed by atoms with Gasteiger partial charge in [0, 0.05) is 12.0 Å². The molecule has 3 aromatic rings. The highest BCUT2D eigenvalue weighted by Crippen LogP contribution is 2.44. The van der Waals surface area contributed by atoms with Crippen LogP contribution < -0.4 is 10.6 Å². The number of fused-ring (bicyclic) bond motifs is 3. The number of carbonyl (C=O) groups excluding carboxylic acids is 2. The standard InChI is InChI=1S/C29H31N3O3/c1-32-17-15-21(16-18-32)30-28(33)27(20-9-3-2-4-10-20)31-29(34)35-19-26-24-13-7-5-11-22(24)23-12-6-8-14-25(23)26/h2-14,21,26-27H,15-19H2,1H3,(H,30,33)(H,31,34)/t27-/m0/s1. The molecule has 1 heterocycles. The molecule has 1 saturated heterocycles. The van der Waals surface area contributed by atoms with Crippen LogP contribution in [-0.2, 0) is 9.53 Å². The minimum Gasteiger partial charge on any atom is -0.449 e. The van der Waals surface area contributed by atoms with E-state index in [2.05, 4.69) is 46.8 Å². The lowest BCUT2D eigenvalue weighted by Crippen LogP contribution is -2.48. The highest BCUT2D eigenvalue weighted by molar-refractivity contribution is 5.87. The van der Waals surface area contributed by atoms with Gasteiger partial charge in [0.2, 0.25) is 5.91 Å². The number of carbonyl (C=O) groups is 2. The topological polar surface area (TPSA) is 70.7 Å². The molecular formula is C29H31N3O3. The zero-order chi connectivity index (χ0) is 24.2. The molecule has 2 aliphatic rings. The number of piperidine rings is 1. The Labute approximate surface area is 206 Å². The molecule has 1 atom stereocenters. The van der Waals surface area contributed by atoms with E-state index >= 15 is 0 Å². The number of rotatable bonds is 6. The molecule has 1 aliphatic carbocycles. The Balaban J connectivity index is 1.27. The lowest BCUT2D eigenvalue weighted by molar-refractivity contribution is -0.124. The lowest BCUT2D eigenvalue weighted by Gasteiger charge is -2.30. The second-order valence-corrected chi connectivity index (χ2v) is 9.40. The minimum atomic E-state index is -0.813. The summed E-state index contributed by atoms with van der Waals surface area (Å²) in [6, 6.07) is 25.1. The average molecular weight is 470 g/mol. The van der Waals surface area contributed by atoms with Crippen LogP contribution in [0.15, 0.2) is 78.9 Å². The van der Waals surface area contributed by atoms with E-state index in [4.69, 9.17) is 4.74 Å². The number of ether oxygens (including phenoxy) is 1. The second kappa shape index (κ2) is 10.3. The molecule has 2 N–H and O–H groups in total. The molecule has 1 fully saturated rings. The van der Waals surface area contributed by atoms with Crippen LogP contribution in [0.3, 0.4) is 0 Å². The zero-order valence-corrected chi connectivity index (χ0v) is 19.9. The Kier molecular flexibility index (Phi) is 6.82. The number of nitrogens with zero attached hydrogens (tertiary/aromatic N) is 1. The Morgan fingerprint density at radius 1 is 0.886 bits per heavy atom. The van der Waals surface area contributed by atoms with Gasteiger partial charge in [-0.05, 0) is 60.8 Å². The Morgan fingerprint density at radius 2 is 1.46 bits per heavy atom. The van der Waals surface area contributed by atoms with Crippen molar-refractivity contribution in [2.45, 2.75) is 30.8 Å². The van der Waals surface area contributed by atoms with Gasteiger partial charge in [-0.25, -0.2) is 4.79 Å². The third-order valence-corrected chi connectivity index (χ3v) is 7.07. The van der Waals surface area contributed by atoms with Crippen LogP contribution >= 0.6 is 0 Å². The SMILES string of the molecule is CN1CCC(NC(=O)[C@@H](NC(=O)OCC2c3ccccc3-c3ccccc32)c2ccccc2)CC1. The summed E-state index contributed by atoms with van der Waals surface area (Å²) in [5.41, 5.74) is 5.39. The van der Waals surface area contributed by atoms with Crippen molar-refractivity contribution in [1.29, 1.82) is 0 Å². The van der Waals surface area contributed by atoms with E-state index in [1.165, 1.54) is 11.1 Å². The molecule has 35 heavy (non-hydrogen) atoms. The molecule has 0 saturated carbocycles. The molecule has 0 unspecified atom stereocenters. The molecule has 6 nitrogen and oxygen atoms in total. The van der Waals surface area contributed by atoms with Gasteiger partial charge in [-0.2, -0.15) is 0 Å². The zero-order valence-electron chi connectivity index (χ0n) is 19.9. The predicted molar refractivity (Wildman–Crippen MR) is 136 cm³/mol. The van der Waals surface area contributed by atoms with Crippen LogP contribution in [0, 0.1) is 0 Å². The van der Waals surface area contributed by atoms with Crippen molar-refractivity contribution in [2.24, 2.45) is 0 Å². The number of hydrogen-bond donors (Lipinski definition) is 2. The molecule has 5 rings (SSSR count).